The van der Waals surface area contributed by atoms with Gasteiger partial charge >= 0.3 is 29.8 Å². The highest BCUT2D eigenvalue weighted by Gasteiger charge is 2.53. The average molecular weight is 679 g/mol. The fraction of sp³-hybridized carbons (Fsp3) is 0.361. The lowest BCUT2D eigenvalue weighted by Crippen LogP contribution is -2.59. The Morgan fingerprint density at radius 2 is 1.21 bits per heavy atom. The van der Waals surface area contributed by atoms with Gasteiger partial charge < -0.3 is 28.4 Å². The van der Waals surface area contributed by atoms with Crippen LogP contribution >= 0.6 is 11.8 Å². The van der Waals surface area contributed by atoms with Crippen LogP contribution in [0.1, 0.15) is 54.7 Å². The van der Waals surface area contributed by atoms with Gasteiger partial charge in [0.25, 0.3) is 0 Å². The molecule has 4 rings (SSSR count). The molecule has 1 aliphatic heterocycles. The molecule has 0 radical (unpaired) electrons. The van der Waals surface area contributed by atoms with E-state index in [0.29, 0.717) is 24.2 Å². The number of hydrogen-bond donors (Lipinski definition) is 0. The molecule has 0 amide bonds. The number of para-hydroxylation sites is 1. The molecule has 0 aliphatic carbocycles. The fourth-order valence-electron chi connectivity index (χ4n) is 5.14. The van der Waals surface area contributed by atoms with E-state index in [4.69, 9.17) is 28.4 Å². The Kier molecular flexibility index (Phi) is 13.0. The summed E-state index contributed by atoms with van der Waals surface area (Å²) in [6.07, 6.45) is -2.46. The molecule has 1 saturated heterocycles. The molecule has 1 aliphatic rings. The Labute approximate surface area is 283 Å². The second-order valence-electron chi connectivity index (χ2n) is 11.0. The lowest BCUT2D eigenvalue weighted by atomic mass is 10.0. The lowest BCUT2D eigenvalue weighted by Gasteiger charge is -2.43. The number of carbonyl (C=O) groups is 5. The van der Waals surface area contributed by atoms with E-state index in [1.807, 2.05) is 42.5 Å². The first-order valence-corrected chi connectivity index (χ1v) is 16.3. The van der Waals surface area contributed by atoms with E-state index < -0.39 is 52.9 Å². The molecule has 0 bridgehead atoms. The van der Waals surface area contributed by atoms with E-state index in [2.05, 4.69) is 0 Å². The topological polar surface area (TPSA) is 141 Å². The first-order chi connectivity index (χ1) is 23.0. The van der Waals surface area contributed by atoms with Crippen molar-refractivity contribution in [1.82, 2.24) is 0 Å². The van der Waals surface area contributed by atoms with Crippen LogP contribution in [-0.2, 0) is 55.7 Å². The minimum absolute atomic E-state index is 0.179. The molecule has 0 spiro atoms. The summed E-state index contributed by atoms with van der Waals surface area (Å²) in [6.45, 7) is 4.91. The third-order valence-electron chi connectivity index (χ3n) is 7.21. The monoisotopic (exact) mass is 678 g/mol. The van der Waals surface area contributed by atoms with Crippen LogP contribution in [0.2, 0.25) is 0 Å². The number of carbonyl (C=O) groups excluding carboxylic acids is 5. The Bertz CT molecular complexity index is 1570. The van der Waals surface area contributed by atoms with Gasteiger partial charge in [-0.25, -0.2) is 4.79 Å². The molecule has 11 nitrogen and oxygen atoms in total. The highest BCUT2D eigenvalue weighted by molar-refractivity contribution is 8.00. The summed E-state index contributed by atoms with van der Waals surface area (Å²) < 4.78 is 33.9. The van der Waals surface area contributed by atoms with Crippen LogP contribution in [-0.4, -0.2) is 72.1 Å². The first kappa shape index (κ1) is 36.0. The fourth-order valence-corrected chi connectivity index (χ4v) is 6.52. The molecule has 1 heterocycles. The number of benzene rings is 3. The Hall–Kier alpha value is -4.84. The van der Waals surface area contributed by atoms with Gasteiger partial charge in [0.05, 0.1) is 17.4 Å². The van der Waals surface area contributed by atoms with Crippen LogP contribution in [0.15, 0.2) is 78.9 Å². The molecule has 254 valence electrons. The zero-order chi connectivity index (χ0) is 34.6. The molecule has 0 unspecified atom stereocenters. The average Bonchev–Trinajstić information content (AvgIpc) is 3.04. The van der Waals surface area contributed by atoms with E-state index in [1.54, 1.807) is 36.4 Å². The van der Waals surface area contributed by atoms with E-state index in [0.717, 1.165) is 28.5 Å². The Morgan fingerprint density at radius 3 is 1.85 bits per heavy atom. The zero-order valence-electron chi connectivity index (χ0n) is 27.1. The minimum atomic E-state index is -1.24. The van der Waals surface area contributed by atoms with Crippen LogP contribution in [0.3, 0.4) is 0 Å². The highest BCUT2D eigenvalue weighted by atomic mass is 32.2. The van der Waals surface area contributed by atoms with Gasteiger partial charge in [0.1, 0.15) is 12.4 Å². The molecule has 0 saturated carbocycles. The maximum Gasteiger partial charge on any atom is 0.338 e. The van der Waals surface area contributed by atoms with Crippen molar-refractivity contribution in [2.24, 2.45) is 0 Å². The van der Waals surface area contributed by atoms with Crippen molar-refractivity contribution < 1.29 is 52.4 Å². The number of thioether (sulfide) groups is 1. The Balaban J connectivity index is 1.51. The zero-order valence-corrected chi connectivity index (χ0v) is 27.9. The molecule has 48 heavy (non-hydrogen) atoms. The number of ether oxygens (including phenoxy) is 6. The van der Waals surface area contributed by atoms with Gasteiger partial charge in [-0.3, -0.25) is 19.2 Å². The van der Waals surface area contributed by atoms with E-state index in [1.165, 1.54) is 27.7 Å². The predicted octanol–water partition coefficient (Wildman–Crippen LogP) is 4.86. The predicted molar refractivity (Wildman–Crippen MR) is 175 cm³/mol. The van der Waals surface area contributed by atoms with Gasteiger partial charge in [0.15, 0.2) is 23.7 Å². The minimum Gasteiger partial charge on any atom is -0.475 e. The maximum absolute atomic E-state index is 12.2. The number of rotatable bonds is 13. The van der Waals surface area contributed by atoms with Crippen LogP contribution in [0.4, 0.5) is 0 Å². The smallest absolute Gasteiger partial charge is 0.338 e. The van der Waals surface area contributed by atoms with Crippen LogP contribution in [0.25, 0.3) is 0 Å². The van der Waals surface area contributed by atoms with Crippen molar-refractivity contribution in [2.45, 2.75) is 69.5 Å². The highest BCUT2D eigenvalue weighted by Crippen LogP contribution is 2.40. The van der Waals surface area contributed by atoms with E-state index >= 15 is 0 Å². The van der Waals surface area contributed by atoms with Crippen molar-refractivity contribution in [3.63, 3.8) is 0 Å². The summed E-state index contributed by atoms with van der Waals surface area (Å²) in [7, 11) is 0. The van der Waals surface area contributed by atoms with Gasteiger partial charge in [-0.1, -0.05) is 60.7 Å². The van der Waals surface area contributed by atoms with Crippen molar-refractivity contribution in [3.05, 3.63) is 101 Å². The molecule has 0 N–H and O–H groups in total. The normalized spacial score (nSPS) is 20.1. The van der Waals surface area contributed by atoms with E-state index in [9.17, 15) is 24.0 Å². The number of hydrogen-bond acceptors (Lipinski definition) is 12. The van der Waals surface area contributed by atoms with Gasteiger partial charge in [-0.15, -0.1) is 11.8 Å². The summed E-state index contributed by atoms with van der Waals surface area (Å²) in [5.41, 5.74) is 2.39. The first-order valence-electron chi connectivity index (χ1n) is 15.3. The van der Waals surface area contributed by atoms with E-state index in [-0.39, 0.29) is 19.2 Å². The maximum atomic E-state index is 12.2. The van der Waals surface area contributed by atoms with Gasteiger partial charge in [0.2, 0.25) is 0 Å². The van der Waals surface area contributed by atoms with Crippen LogP contribution in [0, 0.1) is 0 Å². The third-order valence-corrected chi connectivity index (χ3v) is 8.60. The Morgan fingerprint density at radius 1 is 0.625 bits per heavy atom. The van der Waals surface area contributed by atoms with Gasteiger partial charge in [-0.2, -0.15) is 0 Å². The second kappa shape index (κ2) is 17.4. The summed E-state index contributed by atoms with van der Waals surface area (Å²) in [5, 5.41) is -0.717. The number of esters is 5. The summed E-state index contributed by atoms with van der Waals surface area (Å²) in [5.74, 6) is -2.43. The SMILES string of the molecule is CC(=O)OC[C@@H]1S[C@H](Oc2ccccc2Cc2ccc(CCOC(=O)c3ccccc3)cc2)[C@H](OC(C)=O)[C@@H](OC(C)=O)[C@@H]1OC(C)=O. The molecule has 3 aromatic rings. The molecule has 5 atom stereocenters. The van der Waals surface area contributed by atoms with Crippen LogP contribution in [0.5, 0.6) is 5.75 Å². The second-order valence-corrected chi connectivity index (χ2v) is 12.4. The molecule has 1 fully saturated rings. The van der Waals surface area contributed by atoms with Crippen molar-refractivity contribution in [3.8, 4) is 5.75 Å². The van der Waals surface area contributed by atoms with Crippen molar-refractivity contribution in [2.75, 3.05) is 13.2 Å². The van der Waals surface area contributed by atoms with Crippen molar-refractivity contribution >= 4 is 41.6 Å². The molecule has 0 aromatic heterocycles. The standard InChI is InChI=1S/C36H38O11S/c1-22(37)43-21-31-32(44-23(2)38)33(45-24(3)39)34(46-25(4)40)36(48-31)47-30-13-9-8-12-29(30)20-27-16-14-26(15-17-27)18-19-42-35(41)28-10-6-5-7-11-28/h5-17,31-34,36H,18-21H2,1-4H3/t31-,32+,33-,34+,36-/m0/s1. The largest absolute Gasteiger partial charge is 0.475 e. The molecule has 3 aromatic carbocycles. The quantitative estimate of drug-likeness (QED) is 0.180. The molecular formula is C36H38O11S. The van der Waals surface area contributed by atoms with Gasteiger partial charge in [0, 0.05) is 40.5 Å². The lowest BCUT2D eigenvalue weighted by molar-refractivity contribution is -0.190. The molecule has 12 heteroatoms. The summed E-state index contributed by atoms with van der Waals surface area (Å²) in [6, 6.07) is 24.1. The summed E-state index contributed by atoms with van der Waals surface area (Å²) in [4.78, 5) is 60.4. The third kappa shape index (κ3) is 10.6. The van der Waals surface area contributed by atoms with Gasteiger partial charge in [-0.05, 0) is 34.9 Å². The van der Waals surface area contributed by atoms with Crippen molar-refractivity contribution in [1.29, 1.82) is 0 Å². The van der Waals surface area contributed by atoms with Crippen LogP contribution < -0.4 is 4.74 Å². The molecular weight excluding hydrogens is 640 g/mol. The summed E-state index contributed by atoms with van der Waals surface area (Å²) >= 11 is 1.14.